The molecule has 8 heteroatoms. The van der Waals surface area contributed by atoms with Gasteiger partial charge >= 0.3 is 12.0 Å². The lowest BCUT2D eigenvalue weighted by molar-refractivity contribution is -0.141. The molecule has 1 heterocycles. The monoisotopic (exact) mass is 315 g/mol. The van der Waals surface area contributed by atoms with E-state index in [1.165, 1.54) is 16.7 Å². The minimum Gasteiger partial charge on any atom is -0.480 e. The van der Waals surface area contributed by atoms with E-state index in [1.54, 1.807) is 0 Å². The van der Waals surface area contributed by atoms with Gasteiger partial charge in [0.05, 0.1) is 11.9 Å². The van der Waals surface area contributed by atoms with Gasteiger partial charge in [0.15, 0.2) is 0 Å². The van der Waals surface area contributed by atoms with Crippen LogP contribution in [0.3, 0.4) is 0 Å². The molecule has 0 spiro atoms. The maximum absolute atomic E-state index is 12.2. The number of amides is 3. The molecule has 21 heavy (non-hydrogen) atoms. The SMILES string of the molecule is CCCNC(=O)CNC(=O)N1C(C(=O)O)CSC1C1CC1. The number of rotatable bonds is 6. The van der Waals surface area contributed by atoms with Crippen LogP contribution in [0.1, 0.15) is 26.2 Å². The predicted octanol–water partition coefficient (Wildman–Crippen LogP) is 0.460. The minimum atomic E-state index is -0.990. The highest BCUT2D eigenvalue weighted by atomic mass is 32.2. The maximum Gasteiger partial charge on any atom is 0.327 e. The van der Waals surface area contributed by atoms with E-state index in [9.17, 15) is 19.5 Å². The van der Waals surface area contributed by atoms with Crippen molar-refractivity contribution >= 4 is 29.7 Å². The van der Waals surface area contributed by atoms with Crippen LogP contribution in [0, 0.1) is 5.92 Å². The Kier molecular flexibility index (Phi) is 5.33. The third-order valence-electron chi connectivity index (χ3n) is 3.55. The molecule has 1 aliphatic heterocycles. The molecule has 1 aliphatic carbocycles. The molecule has 1 saturated carbocycles. The molecule has 0 aromatic carbocycles. The lowest BCUT2D eigenvalue weighted by atomic mass is 10.2. The number of nitrogens with zero attached hydrogens (tertiary/aromatic N) is 1. The van der Waals surface area contributed by atoms with Crippen molar-refractivity contribution in [2.45, 2.75) is 37.6 Å². The van der Waals surface area contributed by atoms with Gasteiger partial charge in [-0.25, -0.2) is 9.59 Å². The summed E-state index contributed by atoms with van der Waals surface area (Å²) in [6.07, 6.45) is 2.89. The zero-order valence-electron chi connectivity index (χ0n) is 12.0. The van der Waals surface area contributed by atoms with Gasteiger partial charge in [0.1, 0.15) is 6.04 Å². The van der Waals surface area contributed by atoms with Crippen LogP contribution in [0.5, 0.6) is 0 Å². The number of urea groups is 1. The summed E-state index contributed by atoms with van der Waals surface area (Å²) in [6.45, 7) is 2.39. The third kappa shape index (κ3) is 4.03. The number of hydrogen-bond donors (Lipinski definition) is 3. The summed E-state index contributed by atoms with van der Waals surface area (Å²) >= 11 is 1.52. The first kappa shape index (κ1) is 15.9. The van der Waals surface area contributed by atoms with E-state index in [1.807, 2.05) is 6.92 Å². The molecule has 3 N–H and O–H groups in total. The number of thioether (sulfide) groups is 1. The van der Waals surface area contributed by atoms with Crippen molar-refractivity contribution in [3.05, 3.63) is 0 Å². The molecule has 118 valence electrons. The van der Waals surface area contributed by atoms with Gasteiger partial charge in [0.25, 0.3) is 0 Å². The summed E-state index contributed by atoms with van der Waals surface area (Å²) in [5.74, 6) is -0.450. The Hall–Kier alpha value is -1.44. The van der Waals surface area contributed by atoms with Crippen LogP contribution in [-0.4, -0.2) is 58.2 Å². The van der Waals surface area contributed by atoms with Gasteiger partial charge in [-0.2, -0.15) is 0 Å². The lowest BCUT2D eigenvalue weighted by Gasteiger charge is -2.27. The fourth-order valence-electron chi connectivity index (χ4n) is 2.29. The highest BCUT2D eigenvalue weighted by molar-refractivity contribution is 8.00. The van der Waals surface area contributed by atoms with Gasteiger partial charge < -0.3 is 15.7 Å². The topological polar surface area (TPSA) is 98.7 Å². The molecule has 0 radical (unpaired) electrons. The maximum atomic E-state index is 12.2. The number of carboxylic acid groups (broad SMARTS) is 1. The number of aliphatic carboxylic acids is 1. The van der Waals surface area contributed by atoms with Crippen LogP contribution in [-0.2, 0) is 9.59 Å². The van der Waals surface area contributed by atoms with Crippen LogP contribution < -0.4 is 10.6 Å². The van der Waals surface area contributed by atoms with Crippen molar-refractivity contribution in [2.75, 3.05) is 18.8 Å². The van der Waals surface area contributed by atoms with Gasteiger partial charge in [-0.15, -0.1) is 11.8 Å². The summed E-state index contributed by atoms with van der Waals surface area (Å²) in [6, 6.07) is -1.27. The molecule has 2 rings (SSSR count). The molecule has 2 unspecified atom stereocenters. The molecule has 0 aromatic rings. The van der Waals surface area contributed by atoms with E-state index < -0.39 is 18.0 Å². The number of nitrogens with one attached hydrogen (secondary N) is 2. The second-order valence-corrected chi connectivity index (χ2v) is 6.48. The molecule has 2 atom stereocenters. The van der Waals surface area contributed by atoms with E-state index in [0.29, 0.717) is 18.2 Å². The predicted molar refractivity (Wildman–Crippen MR) is 78.9 cm³/mol. The Bertz CT molecular complexity index is 428. The molecule has 2 fully saturated rings. The quantitative estimate of drug-likeness (QED) is 0.661. The van der Waals surface area contributed by atoms with Crippen molar-refractivity contribution in [3.63, 3.8) is 0 Å². The normalized spacial score (nSPS) is 24.7. The first-order valence-electron chi connectivity index (χ1n) is 7.21. The second-order valence-electron chi connectivity index (χ2n) is 5.33. The zero-order valence-corrected chi connectivity index (χ0v) is 12.8. The Morgan fingerprint density at radius 3 is 2.57 bits per heavy atom. The summed E-state index contributed by atoms with van der Waals surface area (Å²) in [4.78, 5) is 36.4. The molecule has 0 bridgehead atoms. The van der Waals surface area contributed by atoms with Crippen LogP contribution in [0.4, 0.5) is 4.79 Å². The molecular weight excluding hydrogens is 294 g/mol. The first-order valence-corrected chi connectivity index (χ1v) is 8.26. The highest BCUT2D eigenvalue weighted by Gasteiger charge is 2.48. The van der Waals surface area contributed by atoms with Crippen LogP contribution in [0.15, 0.2) is 0 Å². The van der Waals surface area contributed by atoms with Crippen molar-refractivity contribution in [1.82, 2.24) is 15.5 Å². The Morgan fingerprint density at radius 2 is 2.00 bits per heavy atom. The Labute approximate surface area is 127 Å². The average Bonchev–Trinajstić information content (AvgIpc) is 3.20. The summed E-state index contributed by atoms with van der Waals surface area (Å²) < 4.78 is 0. The summed E-state index contributed by atoms with van der Waals surface area (Å²) in [5.41, 5.74) is 0. The molecule has 3 amide bonds. The average molecular weight is 315 g/mol. The van der Waals surface area contributed by atoms with Crippen molar-refractivity contribution in [3.8, 4) is 0 Å². The lowest BCUT2D eigenvalue weighted by Crippen LogP contribution is -2.52. The van der Waals surface area contributed by atoms with Gasteiger partial charge in [0, 0.05) is 12.3 Å². The number of hydrogen-bond acceptors (Lipinski definition) is 4. The minimum absolute atomic E-state index is 0.0789. The zero-order chi connectivity index (χ0) is 15.4. The first-order chi connectivity index (χ1) is 10.0. The fourth-order valence-corrected chi connectivity index (χ4v) is 3.92. The molecular formula is C13H21N3O4S. The van der Waals surface area contributed by atoms with Gasteiger partial charge in [-0.1, -0.05) is 6.92 Å². The van der Waals surface area contributed by atoms with E-state index in [0.717, 1.165) is 19.3 Å². The smallest absolute Gasteiger partial charge is 0.327 e. The Balaban J connectivity index is 1.90. The fraction of sp³-hybridized carbons (Fsp3) is 0.769. The Morgan fingerprint density at radius 1 is 1.29 bits per heavy atom. The number of carbonyl (C=O) groups excluding carboxylic acids is 2. The molecule has 2 aliphatic rings. The van der Waals surface area contributed by atoms with Gasteiger partial charge in [-0.3, -0.25) is 9.69 Å². The summed E-state index contributed by atoms with van der Waals surface area (Å²) in [5, 5.41) is 14.3. The number of carboxylic acids is 1. The highest BCUT2D eigenvalue weighted by Crippen LogP contribution is 2.45. The summed E-state index contributed by atoms with van der Waals surface area (Å²) in [7, 11) is 0. The third-order valence-corrected chi connectivity index (χ3v) is 5.01. The van der Waals surface area contributed by atoms with Crippen LogP contribution in [0.2, 0.25) is 0 Å². The van der Waals surface area contributed by atoms with E-state index >= 15 is 0 Å². The second kappa shape index (κ2) is 7.02. The number of carbonyl (C=O) groups is 3. The molecule has 1 saturated heterocycles. The van der Waals surface area contributed by atoms with Crippen LogP contribution in [0.25, 0.3) is 0 Å². The van der Waals surface area contributed by atoms with E-state index in [2.05, 4.69) is 10.6 Å². The van der Waals surface area contributed by atoms with E-state index in [4.69, 9.17) is 0 Å². The molecule has 7 nitrogen and oxygen atoms in total. The van der Waals surface area contributed by atoms with Crippen molar-refractivity contribution in [2.24, 2.45) is 5.92 Å². The van der Waals surface area contributed by atoms with Crippen molar-refractivity contribution in [1.29, 1.82) is 0 Å². The standard InChI is InChI=1S/C13H21N3O4S/c1-2-5-14-10(17)6-15-13(20)16-9(12(18)19)7-21-11(16)8-3-4-8/h8-9,11H,2-7H2,1H3,(H,14,17)(H,15,20)(H,18,19). The largest absolute Gasteiger partial charge is 0.480 e. The molecule has 0 aromatic heterocycles. The van der Waals surface area contributed by atoms with E-state index in [-0.39, 0.29) is 17.8 Å². The van der Waals surface area contributed by atoms with Gasteiger partial charge in [-0.05, 0) is 25.2 Å². The van der Waals surface area contributed by atoms with Crippen molar-refractivity contribution < 1.29 is 19.5 Å². The van der Waals surface area contributed by atoms with Gasteiger partial charge in [0.2, 0.25) is 5.91 Å². The van der Waals surface area contributed by atoms with Crippen LogP contribution >= 0.6 is 11.8 Å².